The minimum Gasteiger partial charge on any atom is -0.507 e. The number of nitriles is 1. The van der Waals surface area contributed by atoms with E-state index < -0.39 is 35.2 Å². The molecule has 0 saturated heterocycles. The number of hydrogen-bond acceptors (Lipinski definition) is 10. The zero-order valence-corrected chi connectivity index (χ0v) is 30.3. The second kappa shape index (κ2) is 16.6. The summed E-state index contributed by atoms with van der Waals surface area (Å²) in [5.41, 5.74) is 0.176. The summed E-state index contributed by atoms with van der Waals surface area (Å²) in [4.78, 5) is 59.7. The van der Waals surface area contributed by atoms with Crippen molar-refractivity contribution in [3.63, 3.8) is 0 Å². The van der Waals surface area contributed by atoms with Crippen molar-refractivity contribution in [1.82, 2.24) is 20.9 Å². The monoisotopic (exact) mass is 725 g/mol. The molecule has 0 aliphatic carbocycles. The van der Waals surface area contributed by atoms with Crippen molar-refractivity contribution in [2.24, 2.45) is 4.99 Å². The van der Waals surface area contributed by atoms with Gasteiger partial charge in [-0.25, -0.2) is 14.6 Å². The van der Waals surface area contributed by atoms with Gasteiger partial charge in [0.25, 0.3) is 11.8 Å². The summed E-state index contributed by atoms with van der Waals surface area (Å²) in [5.74, 6) is -1.22. The number of pyridine rings is 1. The van der Waals surface area contributed by atoms with E-state index in [0.717, 1.165) is 0 Å². The number of aliphatic imine (C=N–C) groups is 1. The Morgan fingerprint density at radius 3 is 2.23 bits per heavy atom. The number of thiophene rings is 1. The summed E-state index contributed by atoms with van der Waals surface area (Å²) >= 11 is 1.23. The van der Waals surface area contributed by atoms with Crippen molar-refractivity contribution >= 4 is 47.1 Å². The Morgan fingerprint density at radius 1 is 0.865 bits per heavy atom. The Bertz CT molecular complexity index is 2020. The molecule has 0 aliphatic heterocycles. The third-order valence-electron chi connectivity index (χ3n) is 6.64. The second-order valence-corrected chi connectivity index (χ2v) is 14.1. The number of anilines is 1. The average Bonchev–Trinajstić information content (AvgIpc) is 3.60. The van der Waals surface area contributed by atoms with Crippen LogP contribution in [0.2, 0.25) is 0 Å². The molecule has 4 rings (SSSR count). The molecule has 4 aromatic rings. The van der Waals surface area contributed by atoms with Crippen LogP contribution in [-0.2, 0) is 9.47 Å². The first-order chi connectivity index (χ1) is 24.5. The van der Waals surface area contributed by atoms with E-state index >= 15 is 0 Å². The fourth-order valence-electron chi connectivity index (χ4n) is 4.56. The molecule has 0 fully saturated rings. The van der Waals surface area contributed by atoms with Crippen LogP contribution in [0.4, 0.5) is 15.4 Å². The number of benzene rings is 2. The highest BCUT2D eigenvalue weighted by Crippen LogP contribution is 2.36. The molecule has 4 amide bonds. The lowest BCUT2D eigenvalue weighted by molar-refractivity contribution is 0.0559. The van der Waals surface area contributed by atoms with E-state index in [1.54, 1.807) is 108 Å². The highest BCUT2D eigenvalue weighted by molar-refractivity contribution is 7.12. The molecule has 2 aromatic carbocycles. The Morgan fingerprint density at radius 2 is 1.58 bits per heavy atom. The number of nitrogens with zero attached hydrogens (tertiary/aromatic N) is 3. The summed E-state index contributed by atoms with van der Waals surface area (Å²) in [6.45, 7) is 10.1. The molecule has 0 bridgehead atoms. The van der Waals surface area contributed by atoms with Gasteiger partial charge in [-0.1, -0.05) is 30.3 Å². The maximum absolute atomic E-state index is 13.3. The zero-order valence-electron chi connectivity index (χ0n) is 29.5. The number of carbonyl (C=O) groups excluding carboxylic acids is 4. The van der Waals surface area contributed by atoms with Gasteiger partial charge in [0.05, 0.1) is 10.6 Å². The number of carbonyl (C=O) groups is 4. The van der Waals surface area contributed by atoms with Crippen LogP contribution in [0.25, 0.3) is 22.4 Å². The molecule has 52 heavy (non-hydrogen) atoms. The van der Waals surface area contributed by atoms with Crippen molar-refractivity contribution in [2.75, 3.05) is 18.4 Å². The van der Waals surface area contributed by atoms with E-state index in [2.05, 4.69) is 37.3 Å². The number of amides is 4. The number of guanidine groups is 1. The Kier molecular flexibility index (Phi) is 12.3. The quantitative estimate of drug-likeness (QED) is 0.0764. The molecule has 2 aromatic heterocycles. The van der Waals surface area contributed by atoms with Gasteiger partial charge in [0.1, 0.15) is 28.6 Å². The van der Waals surface area contributed by atoms with Gasteiger partial charge in [0.15, 0.2) is 5.82 Å². The first-order valence-corrected chi connectivity index (χ1v) is 16.9. The van der Waals surface area contributed by atoms with E-state index in [1.807, 2.05) is 0 Å². The fourth-order valence-corrected chi connectivity index (χ4v) is 5.18. The Balaban J connectivity index is 1.56. The van der Waals surface area contributed by atoms with E-state index in [-0.39, 0.29) is 41.7 Å². The van der Waals surface area contributed by atoms with Crippen LogP contribution in [0.5, 0.6) is 5.75 Å². The first kappa shape index (κ1) is 38.5. The van der Waals surface area contributed by atoms with E-state index in [9.17, 15) is 29.5 Å². The number of aromatic nitrogens is 1. The Labute approximate surface area is 304 Å². The molecule has 0 atom stereocenters. The summed E-state index contributed by atoms with van der Waals surface area (Å²) in [6, 6.07) is 20.2. The van der Waals surface area contributed by atoms with Gasteiger partial charge in [-0.3, -0.25) is 14.9 Å². The molecule has 15 heteroatoms. The molecule has 0 saturated carbocycles. The molecule has 14 nitrogen and oxygen atoms in total. The van der Waals surface area contributed by atoms with Crippen LogP contribution in [0.1, 0.15) is 67.1 Å². The van der Waals surface area contributed by atoms with Crippen molar-refractivity contribution in [1.29, 1.82) is 5.26 Å². The summed E-state index contributed by atoms with van der Waals surface area (Å²) in [7, 11) is 0. The first-order valence-electron chi connectivity index (χ1n) is 16.1. The maximum atomic E-state index is 13.3. The number of ether oxygens (including phenoxy) is 2. The number of phenolic OH excluding ortho intramolecular Hbond substituents is 1. The van der Waals surface area contributed by atoms with Crippen LogP contribution in [0.15, 0.2) is 77.1 Å². The molecule has 0 radical (unpaired) electrons. The predicted octanol–water partition coefficient (Wildman–Crippen LogP) is 6.44. The van der Waals surface area contributed by atoms with Gasteiger partial charge < -0.3 is 30.5 Å². The lowest BCUT2D eigenvalue weighted by Gasteiger charge is -2.21. The molecule has 5 N–H and O–H groups in total. The fraction of sp³-hybridized carbons (Fsp3) is 0.270. The number of phenols is 1. The van der Waals surface area contributed by atoms with Crippen molar-refractivity contribution in [3.05, 3.63) is 88.1 Å². The number of nitrogens with one attached hydrogen (secondary N) is 4. The van der Waals surface area contributed by atoms with Crippen LogP contribution in [-0.4, -0.2) is 64.3 Å². The highest BCUT2D eigenvalue weighted by Gasteiger charge is 2.22. The SMILES string of the molecule is CC(C)(C)OC(=O)/N=C(/NCCNC(=O)c1cccc(-c2cc(-c3ccccc3O)nc(NC(=O)c3cccs3)c2C#N)c1)NC(=O)OC(C)(C)C. The molecular weight excluding hydrogens is 687 g/mol. The molecule has 2 heterocycles. The average molecular weight is 726 g/mol. The molecule has 270 valence electrons. The lowest BCUT2D eigenvalue weighted by Crippen LogP contribution is -2.46. The van der Waals surface area contributed by atoms with E-state index in [1.165, 1.54) is 17.4 Å². The second-order valence-electron chi connectivity index (χ2n) is 13.2. The number of para-hydroxylation sites is 1. The topological polar surface area (TPSA) is 204 Å². The summed E-state index contributed by atoms with van der Waals surface area (Å²) in [5, 5.41) is 33.3. The summed E-state index contributed by atoms with van der Waals surface area (Å²) in [6.07, 6.45) is -1.80. The van der Waals surface area contributed by atoms with Crippen LogP contribution in [0, 0.1) is 11.3 Å². The zero-order chi connectivity index (χ0) is 38.1. The number of rotatable bonds is 8. The van der Waals surface area contributed by atoms with Crippen LogP contribution < -0.4 is 21.3 Å². The smallest absolute Gasteiger partial charge is 0.437 e. The van der Waals surface area contributed by atoms with Crippen molar-refractivity contribution in [3.8, 4) is 34.2 Å². The molecule has 0 unspecified atom stereocenters. The predicted molar refractivity (Wildman–Crippen MR) is 197 cm³/mol. The number of hydrogen-bond donors (Lipinski definition) is 5. The Hall–Kier alpha value is -6.27. The number of alkyl carbamates (subject to hydrolysis) is 1. The minimum absolute atomic E-state index is 0.0126. The molecular formula is C37H39N7O7S. The van der Waals surface area contributed by atoms with Gasteiger partial charge in [-0.05, 0) is 88.9 Å². The van der Waals surface area contributed by atoms with Crippen LogP contribution in [0.3, 0.4) is 0 Å². The highest BCUT2D eigenvalue weighted by atomic mass is 32.1. The maximum Gasteiger partial charge on any atom is 0.437 e. The van der Waals surface area contributed by atoms with E-state index in [4.69, 9.17) is 9.47 Å². The normalized spacial score (nSPS) is 11.5. The van der Waals surface area contributed by atoms with Gasteiger partial charge in [0, 0.05) is 29.8 Å². The largest absolute Gasteiger partial charge is 0.507 e. The van der Waals surface area contributed by atoms with Crippen molar-refractivity contribution < 1.29 is 33.8 Å². The van der Waals surface area contributed by atoms with Gasteiger partial charge in [0.2, 0.25) is 5.96 Å². The summed E-state index contributed by atoms with van der Waals surface area (Å²) < 4.78 is 10.5. The number of aromatic hydroxyl groups is 1. The van der Waals surface area contributed by atoms with Gasteiger partial charge >= 0.3 is 12.2 Å². The van der Waals surface area contributed by atoms with Crippen molar-refractivity contribution in [2.45, 2.75) is 52.7 Å². The van der Waals surface area contributed by atoms with Gasteiger partial charge in [-0.2, -0.15) is 5.26 Å². The molecule has 0 aliphatic rings. The lowest BCUT2D eigenvalue weighted by atomic mass is 9.96. The minimum atomic E-state index is -0.945. The third kappa shape index (κ3) is 11.1. The van der Waals surface area contributed by atoms with Crippen LogP contribution >= 0.6 is 11.3 Å². The van der Waals surface area contributed by atoms with E-state index in [0.29, 0.717) is 27.3 Å². The third-order valence-corrected chi connectivity index (χ3v) is 7.51. The standard InChI is InChI=1S/C37H39N7O7S/c1-36(2,3)50-34(48)43-33(44-35(49)51-37(4,5)6)40-17-16-39-31(46)23-12-9-11-22(19-23)25-20-27(24-13-7-8-14-28(24)45)41-30(26(25)21-38)42-32(47)29-15-10-18-52-29/h7-15,18-20,45H,16-17H2,1-6H3,(H,39,46)(H,41,42,47)(H2,40,43,44,48,49). The molecule has 0 spiro atoms. The van der Waals surface area contributed by atoms with Gasteiger partial charge in [-0.15, -0.1) is 16.3 Å².